The van der Waals surface area contributed by atoms with Gasteiger partial charge in [-0.25, -0.2) is 9.67 Å². The van der Waals surface area contributed by atoms with Crippen LogP contribution in [0, 0.1) is 0 Å². The Morgan fingerprint density at radius 2 is 2.03 bits per heavy atom. The van der Waals surface area contributed by atoms with Crippen molar-refractivity contribution in [1.29, 1.82) is 0 Å². The average molecular weight is 523 g/mol. The molecular formula is C22H24Cl2N6O3S. The van der Waals surface area contributed by atoms with Crippen molar-refractivity contribution >= 4 is 67.6 Å². The van der Waals surface area contributed by atoms with Crippen LogP contribution in [0.25, 0.3) is 21.3 Å². The van der Waals surface area contributed by atoms with Gasteiger partial charge in [0.1, 0.15) is 23.3 Å². The highest BCUT2D eigenvalue weighted by Crippen LogP contribution is 2.38. The predicted octanol–water partition coefficient (Wildman–Crippen LogP) is 3.49. The largest absolute Gasteiger partial charge is 0.494 e. The number of benzene rings is 2. The van der Waals surface area contributed by atoms with Crippen molar-refractivity contribution < 1.29 is 14.3 Å². The van der Waals surface area contributed by atoms with Gasteiger partial charge in [-0.15, -0.1) is 17.5 Å². The lowest BCUT2D eigenvalue weighted by atomic mass is 10.3. The van der Waals surface area contributed by atoms with Crippen LogP contribution in [0.1, 0.15) is 0 Å². The summed E-state index contributed by atoms with van der Waals surface area (Å²) < 4.78 is 13.3. The maximum absolute atomic E-state index is 13.5. The minimum atomic E-state index is -0.118. The summed E-state index contributed by atoms with van der Waals surface area (Å²) in [5.41, 5.74) is 2.22. The number of hydrogen-bond acceptors (Lipinski definition) is 8. The van der Waals surface area contributed by atoms with Gasteiger partial charge in [-0.1, -0.05) is 40.3 Å². The smallest absolute Gasteiger partial charge is 0.250 e. The van der Waals surface area contributed by atoms with Crippen molar-refractivity contribution in [2.24, 2.45) is 0 Å². The topological polar surface area (TPSA) is 85.6 Å². The monoisotopic (exact) mass is 522 g/mol. The zero-order valence-electron chi connectivity index (χ0n) is 18.5. The number of aromatic nitrogens is 4. The van der Waals surface area contributed by atoms with E-state index in [0.29, 0.717) is 47.7 Å². The normalized spacial score (nSPS) is 14.3. The van der Waals surface area contributed by atoms with Crippen LogP contribution in [-0.2, 0) is 16.1 Å². The van der Waals surface area contributed by atoms with Crippen LogP contribution >= 0.6 is 35.3 Å². The minimum Gasteiger partial charge on any atom is -0.494 e. The van der Waals surface area contributed by atoms with E-state index in [4.69, 9.17) is 26.1 Å². The van der Waals surface area contributed by atoms with Crippen molar-refractivity contribution in [3.05, 3.63) is 41.4 Å². The number of carbonyl (C=O) groups excluding carboxylic acids is 1. The summed E-state index contributed by atoms with van der Waals surface area (Å²) in [5, 5.41) is 9.51. The Balaban J connectivity index is 0.00000274. The van der Waals surface area contributed by atoms with Gasteiger partial charge in [0.25, 0.3) is 5.91 Å². The number of para-hydroxylation sites is 1. The van der Waals surface area contributed by atoms with Gasteiger partial charge in [0.15, 0.2) is 5.13 Å². The molecule has 180 valence electrons. The van der Waals surface area contributed by atoms with Crippen LogP contribution < -0.4 is 9.64 Å². The Kier molecular flexibility index (Phi) is 7.84. The first-order valence-corrected chi connectivity index (χ1v) is 11.8. The van der Waals surface area contributed by atoms with E-state index in [0.717, 1.165) is 28.8 Å². The van der Waals surface area contributed by atoms with Gasteiger partial charge in [0.05, 0.1) is 35.6 Å². The van der Waals surface area contributed by atoms with E-state index in [-0.39, 0.29) is 24.9 Å². The number of morpholine rings is 1. The van der Waals surface area contributed by atoms with E-state index >= 15 is 0 Å². The molecule has 12 heteroatoms. The van der Waals surface area contributed by atoms with Crippen LogP contribution in [0.5, 0.6) is 5.75 Å². The van der Waals surface area contributed by atoms with Crippen LogP contribution in [0.3, 0.4) is 0 Å². The van der Waals surface area contributed by atoms with E-state index < -0.39 is 0 Å². The second kappa shape index (κ2) is 10.8. The van der Waals surface area contributed by atoms with Crippen molar-refractivity contribution in [2.75, 3.05) is 51.4 Å². The number of hydrogen-bond donors (Lipinski definition) is 0. The zero-order valence-corrected chi connectivity index (χ0v) is 20.9. The van der Waals surface area contributed by atoms with Gasteiger partial charge in [-0.2, -0.15) is 0 Å². The molecule has 9 nitrogen and oxygen atoms in total. The fourth-order valence-corrected chi connectivity index (χ4v) is 5.16. The van der Waals surface area contributed by atoms with Gasteiger partial charge in [-0.05, 0) is 24.3 Å². The number of methoxy groups -OCH3 is 1. The summed E-state index contributed by atoms with van der Waals surface area (Å²) in [5.74, 6) is 0.507. The lowest BCUT2D eigenvalue weighted by Gasteiger charge is -2.29. The summed E-state index contributed by atoms with van der Waals surface area (Å²) >= 11 is 7.82. The number of halogens is 2. The molecule has 1 saturated heterocycles. The van der Waals surface area contributed by atoms with Crippen LogP contribution in [0.2, 0.25) is 5.02 Å². The van der Waals surface area contributed by atoms with E-state index in [1.54, 1.807) is 28.8 Å². The maximum atomic E-state index is 13.5. The van der Waals surface area contributed by atoms with Gasteiger partial charge < -0.3 is 9.47 Å². The lowest BCUT2D eigenvalue weighted by Crippen LogP contribution is -2.44. The lowest BCUT2D eigenvalue weighted by molar-refractivity contribution is -0.119. The number of carbonyl (C=O) groups is 1. The molecule has 1 fully saturated rings. The van der Waals surface area contributed by atoms with Crippen molar-refractivity contribution in [2.45, 2.75) is 6.54 Å². The highest BCUT2D eigenvalue weighted by molar-refractivity contribution is 7.23. The molecule has 3 heterocycles. The third-order valence-electron chi connectivity index (χ3n) is 5.65. The Labute approximate surface area is 211 Å². The Bertz CT molecular complexity index is 1290. The molecule has 0 aliphatic carbocycles. The molecule has 0 spiro atoms. The zero-order chi connectivity index (χ0) is 22.8. The quantitative estimate of drug-likeness (QED) is 0.367. The summed E-state index contributed by atoms with van der Waals surface area (Å²) in [6.45, 7) is 4.35. The number of ether oxygens (including phenoxy) is 2. The molecule has 0 bridgehead atoms. The summed E-state index contributed by atoms with van der Waals surface area (Å²) in [7, 11) is 1.60. The number of nitrogens with zero attached hydrogens (tertiary/aromatic N) is 6. The minimum absolute atomic E-state index is 0. The molecule has 2 aromatic carbocycles. The first-order chi connectivity index (χ1) is 16.1. The summed E-state index contributed by atoms with van der Waals surface area (Å²) in [4.78, 5) is 22.3. The molecule has 0 radical (unpaired) electrons. The van der Waals surface area contributed by atoms with Crippen molar-refractivity contribution in [3.8, 4) is 5.75 Å². The molecule has 1 aliphatic rings. The summed E-state index contributed by atoms with van der Waals surface area (Å²) in [6, 6.07) is 11.2. The van der Waals surface area contributed by atoms with Crippen molar-refractivity contribution in [1.82, 2.24) is 24.9 Å². The van der Waals surface area contributed by atoms with Gasteiger partial charge in [0, 0.05) is 26.2 Å². The van der Waals surface area contributed by atoms with E-state index in [1.807, 2.05) is 24.3 Å². The molecular weight excluding hydrogens is 499 g/mol. The SMILES string of the molecule is COc1ccc(Cl)c2sc(N(CCN3CCOCC3)C(=O)Cn3nnc4ccccc43)nc12.Cl. The number of anilines is 1. The van der Waals surface area contributed by atoms with E-state index in [1.165, 1.54) is 11.3 Å². The fourth-order valence-electron chi connectivity index (χ4n) is 3.86. The highest BCUT2D eigenvalue weighted by atomic mass is 35.5. The molecule has 1 amide bonds. The number of thiazole rings is 1. The Hall–Kier alpha value is -2.50. The molecule has 0 unspecified atom stereocenters. The van der Waals surface area contributed by atoms with Crippen LogP contribution in [0.15, 0.2) is 36.4 Å². The molecule has 0 atom stereocenters. The van der Waals surface area contributed by atoms with Gasteiger partial charge >= 0.3 is 0 Å². The van der Waals surface area contributed by atoms with E-state index in [9.17, 15) is 4.79 Å². The first kappa shape index (κ1) is 24.6. The standard InChI is InChI=1S/C22H23ClN6O3S.ClH/c1-31-18-7-6-15(23)21-20(18)24-22(33-21)28(9-8-27-10-12-32-13-11-27)19(30)14-29-17-5-3-2-4-16(17)25-26-29;/h2-7H,8-14H2,1H3;1H. The molecule has 1 aliphatic heterocycles. The number of rotatable bonds is 7. The van der Waals surface area contributed by atoms with Crippen LogP contribution in [0.4, 0.5) is 5.13 Å². The van der Waals surface area contributed by atoms with Crippen molar-refractivity contribution in [3.63, 3.8) is 0 Å². The second-order valence-electron chi connectivity index (χ2n) is 7.66. The molecule has 34 heavy (non-hydrogen) atoms. The third kappa shape index (κ3) is 4.96. The molecule has 2 aromatic heterocycles. The Morgan fingerprint density at radius 3 is 2.82 bits per heavy atom. The second-order valence-corrected chi connectivity index (χ2v) is 9.04. The van der Waals surface area contributed by atoms with Gasteiger partial charge in [0.2, 0.25) is 0 Å². The first-order valence-electron chi connectivity index (χ1n) is 10.7. The maximum Gasteiger partial charge on any atom is 0.250 e. The third-order valence-corrected chi connectivity index (χ3v) is 7.19. The van der Waals surface area contributed by atoms with E-state index in [2.05, 4.69) is 15.2 Å². The molecule has 0 N–H and O–H groups in total. The van der Waals surface area contributed by atoms with Gasteiger partial charge in [-0.3, -0.25) is 14.6 Å². The Morgan fingerprint density at radius 1 is 1.24 bits per heavy atom. The fraction of sp³-hybridized carbons (Fsp3) is 0.364. The number of amides is 1. The molecule has 5 rings (SSSR count). The molecule has 4 aromatic rings. The number of fused-ring (bicyclic) bond motifs is 2. The summed E-state index contributed by atoms with van der Waals surface area (Å²) in [6.07, 6.45) is 0. The van der Waals surface area contributed by atoms with Crippen LogP contribution in [-0.4, -0.2) is 77.3 Å². The molecule has 0 saturated carbocycles. The average Bonchev–Trinajstić information content (AvgIpc) is 3.46. The predicted molar refractivity (Wildman–Crippen MR) is 136 cm³/mol. The highest BCUT2D eigenvalue weighted by Gasteiger charge is 2.24.